The van der Waals surface area contributed by atoms with Crippen LogP contribution in [0, 0.1) is 23.2 Å². The summed E-state index contributed by atoms with van der Waals surface area (Å²) in [5, 5.41) is 0. The van der Waals surface area contributed by atoms with Gasteiger partial charge in [0.05, 0.1) is 0 Å². The van der Waals surface area contributed by atoms with Gasteiger partial charge in [-0.3, -0.25) is 0 Å². The molecule has 1 fully saturated rings. The zero-order chi connectivity index (χ0) is 10.1. The fourth-order valence-corrected chi connectivity index (χ4v) is 2.39. The van der Waals surface area contributed by atoms with E-state index >= 15 is 0 Å². The Morgan fingerprint density at radius 2 is 1.77 bits per heavy atom. The predicted octanol–water partition coefficient (Wildman–Crippen LogP) is 4.27. The molecule has 0 saturated heterocycles. The Kier molecular flexibility index (Phi) is 3.21. The topological polar surface area (TPSA) is 0 Å². The van der Waals surface area contributed by atoms with Crippen LogP contribution in [0.1, 0.15) is 47.0 Å². The molecule has 0 heteroatoms. The summed E-state index contributed by atoms with van der Waals surface area (Å²) < 4.78 is 0. The molecule has 3 unspecified atom stereocenters. The highest BCUT2D eigenvalue weighted by Crippen LogP contribution is 2.43. The van der Waals surface area contributed by atoms with Gasteiger partial charge in [0.25, 0.3) is 0 Å². The van der Waals surface area contributed by atoms with E-state index in [0.717, 1.165) is 17.8 Å². The molecule has 76 valence electrons. The van der Waals surface area contributed by atoms with Gasteiger partial charge in [0.2, 0.25) is 0 Å². The molecule has 0 amide bonds. The highest BCUT2D eigenvalue weighted by molar-refractivity contribution is 4.95. The van der Waals surface area contributed by atoms with Crippen LogP contribution < -0.4 is 0 Å². The first-order valence-corrected chi connectivity index (χ1v) is 5.61. The molecule has 0 heterocycles. The monoisotopic (exact) mass is 180 g/mol. The lowest BCUT2D eigenvalue weighted by Gasteiger charge is -2.40. The van der Waals surface area contributed by atoms with Crippen molar-refractivity contribution < 1.29 is 0 Å². The van der Waals surface area contributed by atoms with E-state index in [0.29, 0.717) is 5.41 Å². The molecule has 0 aromatic heterocycles. The summed E-state index contributed by atoms with van der Waals surface area (Å²) in [6.45, 7) is 13.4. The lowest BCUT2D eigenvalue weighted by molar-refractivity contribution is 0.133. The van der Waals surface area contributed by atoms with Crippen LogP contribution in [0.2, 0.25) is 0 Å². The number of allylic oxidation sites excluding steroid dienone is 1. The van der Waals surface area contributed by atoms with E-state index < -0.39 is 0 Å². The van der Waals surface area contributed by atoms with Crippen molar-refractivity contribution in [3.8, 4) is 0 Å². The smallest absolute Gasteiger partial charge is 0.0149 e. The van der Waals surface area contributed by atoms with Crippen LogP contribution in [0.25, 0.3) is 0 Å². The summed E-state index contributed by atoms with van der Waals surface area (Å²) in [5.74, 6) is 2.69. The van der Waals surface area contributed by atoms with Gasteiger partial charge in [0, 0.05) is 0 Å². The number of hydrogen-bond donors (Lipinski definition) is 0. The average molecular weight is 180 g/mol. The molecular weight excluding hydrogens is 156 g/mol. The van der Waals surface area contributed by atoms with E-state index in [2.05, 4.69) is 40.3 Å². The molecule has 0 spiro atoms. The maximum absolute atomic E-state index is 3.95. The van der Waals surface area contributed by atoms with E-state index in [1.165, 1.54) is 19.3 Å². The lowest BCUT2D eigenvalue weighted by atomic mass is 9.66. The highest BCUT2D eigenvalue weighted by atomic mass is 14.4. The zero-order valence-electron chi connectivity index (χ0n) is 9.64. The maximum Gasteiger partial charge on any atom is -0.0149 e. The van der Waals surface area contributed by atoms with Gasteiger partial charge in [-0.1, -0.05) is 40.2 Å². The van der Waals surface area contributed by atoms with E-state index in [4.69, 9.17) is 0 Å². The van der Waals surface area contributed by atoms with E-state index in [9.17, 15) is 0 Å². The fourth-order valence-electron chi connectivity index (χ4n) is 2.39. The third kappa shape index (κ3) is 2.36. The minimum Gasteiger partial charge on any atom is -0.103 e. The molecule has 1 saturated carbocycles. The van der Waals surface area contributed by atoms with Gasteiger partial charge in [0.1, 0.15) is 0 Å². The average Bonchev–Trinajstić information content (AvgIpc) is 2.09. The first kappa shape index (κ1) is 10.8. The van der Waals surface area contributed by atoms with Crippen LogP contribution in [-0.4, -0.2) is 0 Å². The Morgan fingerprint density at radius 1 is 1.15 bits per heavy atom. The van der Waals surface area contributed by atoms with Crippen LogP contribution >= 0.6 is 0 Å². The minimum absolute atomic E-state index is 0.342. The molecule has 0 N–H and O–H groups in total. The second-order valence-corrected chi connectivity index (χ2v) is 5.49. The second-order valence-electron chi connectivity index (χ2n) is 5.49. The molecule has 1 rings (SSSR count). The summed E-state index contributed by atoms with van der Waals surface area (Å²) >= 11 is 0. The molecule has 1 aliphatic carbocycles. The Hall–Kier alpha value is -0.260. The Balaban J connectivity index is 2.60. The summed E-state index contributed by atoms with van der Waals surface area (Å²) in [6.07, 6.45) is 6.33. The second kappa shape index (κ2) is 3.86. The van der Waals surface area contributed by atoms with Gasteiger partial charge in [-0.25, -0.2) is 0 Å². The molecule has 1 aliphatic rings. The molecule has 0 bridgehead atoms. The van der Waals surface area contributed by atoms with Crippen LogP contribution in [0.15, 0.2) is 12.7 Å². The predicted molar refractivity (Wildman–Crippen MR) is 59.6 cm³/mol. The van der Waals surface area contributed by atoms with Crippen molar-refractivity contribution in [2.24, 2.45) is 23.2 Å². The van der Waals surface area contributed by atoms with Crippen molar-refractivity contribution in [2.75, 3.05) is 0 Å². The van der Waals surface area contributed by atoms with Gasteiger partial charge in [-0.15, -0.1) is 6.58 Å². The summed E-state index contributed by atoms with van der Waals surface area (Å²) in [6, 6.07) is 0. The van der Waals surface area contributed by atoms with E-state index in [1.807, 2.05) is 0 Å². The van der Waals surface area contributed by atoms with E-state index in [1.54, 1.807) is 0 Å². The van der Waals surface area contributed by atoms with Crippen molar-refractivity contribution in [3.63, 3.8) is 0 Å². The first-order valence-electron chi connectivity index (χ1n) is 5.61. The fraction of sp³-hybridized carbons (Fsp3) is 0.846. The standard InChI is InChI=1S/C13H24/c1-6-13(4,5)12-8-7-10(2)11(3)9-12/h6,10-12H,1,7-9H2,2-5H3. The lowest BCUT2D eigenvalue weighted by Crippen LogP contribution is -2.30. The van der Waals surface area contributed by atoms with Gasteiger partial charge in [-0.2, -0.15) is 0 Å². The van der Waals surface area contributed by atoms with Crippen molar-refractivity contribution in [1.29, 1.82) is 0 Å². The molecule has 0 aromatic carbocycles. The molecule has 0 radical (unpaired) electrons. The zero-order valence-corrected chi connectivity index (χ0v) is 9.64. The molecule has 13 heavy (non-hydrogen) atoms. The number of hydrogen-bond acceptors (Lipinski definition) is 0. The van der Waals surface area contributed by atoms with Crippen molar-refractivity contribution in [3.05, 3.63) is 12.7 Å². The van der Waals surface area contributed by atoms with Crippen LogP contribution in [0.3, 0.4) is 0 Å². The Bertz CT molecular complexity index is 178. The van der Waals surface area contributed by atoms with Crippen molar-refractivity contribution in [2.45, 2.75) is 47.0 Å². The molecule has 0 nitrogen and oxygen atoms in total. The third-order valence-electron chi connectivity index (χ3n) is 4.18. The maximum atomic E-state index is 3.95. The van der Waals surface area contributed by atoms with Gasteiger partial charge in [0.15, 0.2) is 0 Å². The van der Waals surface area contributed by atoms with Gasteiger partial charge >= 0.3 is 0 Å². The summed E-state index contributed by atoms with van der Waals surface area (Å²) in [4.78, 5) is 0. The number of rotatable bonds is 2. The third-order valence-corrected chi connectivity index (χ3v) is 4.18. The molecule has 0 aliphatic heterocycles. The van der Waals surface area contributed by atoms with Gasteiger partial charge in [-0.05, 0) is 36.0 Å². The molecule has 0 aromatic rings. The normalized spacial score (nSPS) is 35.8. The summed E-state index contributed by atoms with van der Waals surface area (Å²) in [7, 11) is 0. The quantitative estimate of drug-likeness (QED) is 0.557. The van der Waals surface area contributed by atoms with Crippen LogP contribution in [-0.2, 0) is 0 Å². The van der Waals surface area contributed by atoms with Gasteiger partial charge < -0.3 is 0 Å². The van der Waals surface area contributed by atoms with Crippen molar-refractivity contribution >= 4 is 0 Å². The Labute approximate surface area is 83.4 Å². The van der Waals surface area contributed by atoms with E-state index in [-0.39, 0.29) is 0 Å². The van der Waals surface area contributed by atoms with Crippen LogP contribution in [0.4, 0.5) is 0 Å². The van der Waals surface area contributed by atoms with Crippen molar-refractivity contribution in [1.82, 2.24) is 0 Å². The molecule has 3 atom stereocenters. The molecular formula is C13H24. The summed E-state index contributed by atoms with van der Waals surface area (Å²) in [5.41, 5.74) is 0.342. The minimum atomic E-state index is 0.342. The largest absolute Gasteiger partial charge is 0.103 e. The first-order chi connectivity index (χ1) is 5.97. The highest BCUT2D eigenvalue weighted by Gasteiger charge is 2.32. The van der Waals surface area contributed by atoms with Crippen LogP contribution in [0.5, 0.6) is 0 Å². The SMILES string of the molecule is C=CC(C)(C)C1CCC(C)C(C)C1. The Morgan fingerprint density at radius 3 is 2.23 bits per heavy atom.